The molecule has 0 unspecified atom stereocenters. The molecule has 1 amide bonds. The Hall–Kier alpha value is -1.93. The average Bonchev–Trinajstić information content (AvgIpc) is 2.54. The van der Waals surface area contributed by atoms with Crippen LogP contribution in [-0.4, -0.2) is 46.4 Å². The Morgan fingerprint density at radius 2 is 1.80 bits per heavy atom. The fourth-order valence-corrected chi connectivity index (χ4v) is 3.25. The lowest BCUT2D eigenvalue weighted by Gasteiger charge is -2.11. The number of halogens is 1. The average molecular weight is 382 g/mol. The zero-order valence-corrected chi connectivity index (χ0v) is 15.6. The summed E-state index contributed by atoms with van der Waals surface area (Å²) in [5, 5.41) is 3.23. The number of carbonyl (C=O) groups excluding carboxylic acids is 1. The first-order valence-electron chi connectivity index (χ1n) is 7.59. The Morgan fingerprint density at radius 3 is 2.40 bits per heavy atom. The van der Waals surface area contributed by atoms with E-state index in [1.54, 1.807) is 24.3 Å². The van der Waals surface area contributed by atoms with Crippen molar-refractivity contribution in [1.82, 2.24) is 9.62 Å². The maximum absolute atomic E-state index is 12.2. The number of hydrogen-bond acceptors (Lipinski definition) is 4. The van der Waals surface area contributed by atoms with Crippen LogP contribution in [0.15, 0.2) is 53.4 Å². The summed E-state index contributed by atoms with van der Waals surface area (Å²) >= 11 is 5.88. The highest BCUT2D eigenvalue weighted by Gasteiger charge is 2.14. The topological polar surface area (TPSA) is 78.5 Å². The number of rotatable bonds is 7. The molecule has 0 bridgehead atoms. The third kappa shape index (κ3) is 5.82. The maximum atomic E-state index is 12.2. The molecule has 25 heavy (non-hydrogen) atoms. The fraction of sp³-hybridized carbons (Fsp3) is 0.235. The van der Waals surface area contributed by atoms with Gasteiger partial charge in [-0.2, -0.15) is 0 Å². The molecule has 0 heterocycles. The van der Waals surface area contributed by atoms with Gasteiger partial charge in [0.25, 0.3) is 5.91 Å². The van der Waals surface area contributed by atoms with E-state index in [4.69, 9.17) is 11.6 Å². The van der Waals surface area contributed by atoms with Gasteiger partial charge in [-0.15, -0.1) is 0 Å². The van der Waals surface area contributed by atoms with Crippen molar-refractivity contribution in [2.24, 2.45) is 0 Å². The van der Waals surface area contributed by atoms with Crippen LogP contribution in [0.4, 0.5) is 5.69 Å². The molecule has 0 spiro atoms. The highest BCUT2D eigenvalue weighted by atomic mass is 35.5. The summed E-state index contributed by atoms with van der Waals surface area (Å²) in [5.41, 5.74) is 0.923. The second-order valence-corrected chi connectivity index (χ2v) is 7.89. The van der Waals surface area contributed by atoms with Crippen LogP contribution in [0, 0.1) is 0 Å². The summed E-state index contributed by atoms with van der Waals surface area (Å²) in [6, 6.07) is 12.5. The Labute approximate surface area is 152 Å². The lowest BCUT2D eigenvalue weighted by Crippen LogP contribution is -2.31. The van der Waals surface area contributed by atoms with E-state index in [9.17, 15) is 13.2 Å². The van der Waals surface area contributed by atoms with E-state index in [1.165, 1.54) is 24.3 Å². The smallest absolute Gasteiger partial charge is 0.255 e. The van der Waals surface area contributed by atoms with Crippen molar-refractivity contribution in [3.63, 3.8) is 0 Å². The molecule has 2 aromatic carbocycles. The largest absolute Gasteiger partial charge is 0.322 e. The van der Waals surface area contributed by atoms with Gasteiger partial charge in [-0.1, -0.05) is 17.7 Å². The van der Waals surface area contributed by atoms with Gasteiger partial charge >= 0.3 is 0 Å². The summed E-state index contributed by atoms with van der Waals surface area (Å²) in [6.07, 6.45) is 0. The molecule has 0 fully saturated rings. The number of amides is 1. The van der Waals surface area contributed by atoms with Crippen LogP contribution in [0.3, 0.4) is 0 Å². The molecule has 0 aliphatic carbocycles. The molecule has 0 atom stereocenters. The normalized spacial score (nSPS) is 11.5. The van der Waals surface area contributed by atoms with E-state index in [-0.39, 0.29) is 10.8 Å². The Bertz CT molecular complexity index is 836. The first kappa shape index (κ1) is 19.4. The number of carbonyl (C=O) groups is 1. The maximum Gasteiger partial charge on any atom is 0.255 e. The highest BCUT2D eigenvalue weighted by Crippen LogP contribution is 2.17. The van der Waals surface area contributed by atoms with Gasteiger partial charge in [0.05, 0.1) is 4.90 Å². The van der Waals surface area contributed by atoms with Gasteiger partial charge in [-0.05, 0) is 56.6 Å². The van der Waals surface area contributed by atoms with Crippen LogP contribution >= 0.6 is 11.6 Å². The SMILES string of the molecule is CN(C)CCNS(=O)(=O)c1ccc(C(=O)Nc2cccc(Cl)c2)cc1. The summed E-state index contributed by atoms with van der Waals surface area (Å²) in [5.74, 6) is -0.341. The van der Waals surface area contributed by atoms with E-state index in [1.807, 2.05) is 19.0 Å². The van der Waals surface area contributed by atoms with Crippen molar-refractivity contribution in [3.8, 4) is 0 Å². The molecular weight excluding hydrogens is 362 g/mol. The van der Waals surface area contributed by atoms with Gasteiger partial charge < -0.3 is 10.2 Å². The summed E-state index contributed by atoms with van der Waals surface area (Å²) in [6.45, 7) is 0.908. The van der Waals surface area contributed by atoms with Gasteiger partial charge in [-0.3, -0.25) is 4.79 Å². The van der Waals surface area contributed by atoms with Crippen LogP contribution in [0.5, 0.6) is 0 Å². The Kier molecular flexibility index (Phi) is 6.55. The van der Waals surface area contributed by atoms with Gasteiger partial charge in [0.2, 0.25) is 10.0 Å². The molecule has 8 heteroatoms. The standard InChI is InChI=1S/C17H20ClN3O3S/c1-21(2)11-10-19-25(23,24)16-8-6-13(7-9-16)17(22)20-15-5-3-4-14(18)12-15/h3-9,12,19H,10-11H2,1-2H3,(H,20,22). The van der Waals surface area contributed by atoms with E-state index in [0.29, 0.717) is 29.4 Å². The zero-order chi connectivity index (χ0) is 18.4. The number of likely N-dealkylation sites (N-methyl/N-ethyl adjacent to an activating group) is 1. The number of nitrogens with zero attached hydrogens (tertiary/aromatic N) is 1. The van der Waals surface area contributed by atoms with Gasteiger partial charge in [-0.25, -0.2) is 13.1 Å². The molecule has 0 radical (unpaired) electrons. The third-order valence-electron chi connectivity index (χ3n) is 3.36. The van der Waals surface area contributed by atoms with E-state index >= 15 is 0 Å². The third-order valence-corrected chi connectivity index (χ3v) is 5.07. The molecule has 0 aromatic heterocycles. The lowest BCUT2D eigenvalue weighted by molar-refractivity contribution is 0.102. The molecule has 0 aliphatic rings. The molecule has 2 aromatic rings. The highest BCUT2D eigenvalue weighted by molar-refractivity contribution is 7.89. The number of anilines is 1. The second-order valence-electron chi connectivity index (χ2n) is 5.69. The molecule has 6 nitrogen and oxygen atoms in total. The Morgan fingerprint density at radius 1 is 1.12 bits per heavy atom. The molecule has 0 aliphatic heterocycles. The van der Waals surface area contributed by atoms with Crippen LogP contribution in [0.25, 0.3) is 0 Å². The summed E-state index contributed by atoms with van der Waals surface area (Å²) in [7, 11) is 0.137. The minimum Gasteiger partial charge on any atom is -0.322 e. The van der Waals surface area contributed by atoms with Crippen molar-refractivity contribution in [3.05, 3.63) is 59.1 Å². The van der Waals surface area contributed by atoms with E-state index in [2.05, 4.69) is 10.0 Å². The number of benzene rings is 2. The molecule has 134 valence electrons. The lowest BCUT2D eigenvalue weighted by atomic mass is 10.2. The van der Waals surface area contributed by atoms with Gasteiger partial charge in [0.1, 0.15) is 0 Å². The van der Waals surface area contributed by atoms with Crippen LogP contribution < -0.4 is 10.0 Å². The first-order chi connectivity index (χ1) is 11.8. The zero-order valence-electron chi connectivity index (χ0n) is 14.0. The molecule has 0 saturated heterocycles. The minimum absolute atomic E-state index is 0.116. The molecule has 2 rings (SSSR count). The fourth-order valence-electron chi connectivity index (χ4n) is 2.04. The van der Waals surface area contributed by atoms with Crippen LogP contribution in [0.1, 0.15) is 10.4 Å². The summed E-state index contributed by atoms with van der Waals surface area (Å²) in [4.78, 5) is 14.2. The predicted molar refractivity (Wildman–Crippen MR) is 99.6 cm³/mol. The first-order valence-corrected chi connectivity index (χ1v) is 9.45. The molecule has 2 N–H and O–H groups in total. The van der Waals surface area contributed by atoms with Crippen molar-refractivity contribution in [2.45, 2.75) is 4.90 Å². The predicted octanol–water partition coefficient (Wildman–Crippen LogP) is 2.43. The summed E-state index contributed by atoms with van der Waals surface area (Å²) < 4.78 is 26.9. The monoisotopic (exact) mass is 381 g/mol. The van der Waals surface area contributed by atoms with Crippen molar-refractivity contribution < 1.29 is 13.2 Å². The molecule has 0 saturated carbocycles. The Balaban J connectivity index is 2.04. The van der Waals surface area contributed by atoms with Crippen molar-refractivity contribution >= 4 is 33.2 Å². The minimum atomic E-state index is -3.59. The van der Waals surface area contributed by atoms with E-state index < -0.39 is 10.0 Å². The number of sulfonamides is 1. The molecular formula is C17H20ClN3O3S. The van der Waals surface area contributed by atoms with E-state index in [0.717, 1.165) is 0 Å². The number of nitrogens with one attached hydrogen (secondary N) is 2. The van der Waals surface area contributed by atoms with Crippen molar-refractivity contribution in [1.29, 1.82) is 0 Å². The quantitative estimate of drug-likeness (QED) is 0.772. The number of hydrogen-bond donors (Lipinski definition) is 2. The van der Waals surface area contributed by atoms with Crippen LogP contribution in [-0.2, 0) is 10.0 Å². The van der Waals surface area contributed by atoms with Crippen LogP contribution in [0.2, 0.25) is 5.02 Å². The van der Waals surface area contributed by atoms with Gasteiger partial charge in [0.15, 0.2) is 0 Å². The second kappa shape index (κ2) is 8.44. The van der Waals surface area contributed by atoms with Crippen molar-refractivity contribution in [2.75, 3.05) is 32.5 Å². The van der Waals surface area contributed by atoms with Gasteiger partial charge in [0, 0.05) is 29.4 Å².